The Morgan fingerprint density at radius 3 is 1.65 bits per heavy atom. The summed E-state index contributed by atoms with van der Waals surface area (Å²) in [5.41, 5.74) is 0.414. The lowest BCUT2D eigenvalue weighted by Crippen LogP contribution is -2.19. The first-order valence-electron chi connectivity index (χ1n) is 6.62. The van der Waals surface area contributed by atoms with Gasteiger partial charge in [-0.15, -0.1) is 0 Å². The molecular weight excluding hydrogens is 309 g/mol. The van der Waals surface area contributed by atoms with Gasteiger partial charge in [0.1, 0.15) is 0 Å². The van der Waals surface area contributed by atoms with Gasteiger partial charge in [0.25, 0.3) is 0 Å². The monoisotopic (exact) mass is 322 g/mol. The number of alkyl halides is 3. The smallest absolute Gasteiger partial charge is 0.308 e. The molecule has 2 N–H and O–H groups in total. The molecule has 4 nitrogen and oxygen atoms in total. The maximum absolute atomic E-state index is 12.4. The van der Waals surface area contributed by atoms with Crippen molar-refractivity contribution in [1.82, 2.24) is 0 Å². The van der Waals surface area contributed by atoms with Crippen molar-refractivity contribution in [1.29, 1.82) is 0 Å². The van der Waals surface area contributed by atoms with E-state index in [1.54, 1.807) is 24.3 Å². The maximum Gasteiger partial charge on any atom is 0.416 e. The number of halogens is 3. The summed E-state index contributed by atoms with van der Waals surface area (Å²) >= 11 is 0. The van der Waals surface area contributed by atoms with Crippen LogP contribution in [0.5, 0.6) is 0 Å². The van der Waals surface area contributed by atoms with Crippen molar-refractivity contribution in [3.05, 3.63) is 59.7 Å². The fraction of sp³-hybridized carbons (Fsp3) is 0.125. The third kappa shape index (κ3) is 4.57. The second-order valence-electron chi connectivity index (χ2n) is 4.79. The summed E-state index contributed by atoms with van der Waals surface area (Å²) in [6, 6.07) is 9.76. The van der Waals surface area contributed by atoms with E-state index in [-0.39, 0.29) is 11.5 Å². The fourth-order valence-corrected chi connectivity index (χ4v) is 1.82. The van der Waals surface area contributed by atoms with E-state index in [9.17, 15) is 22.8 Å². The number of amides is 2. The average Bonchev–Trinajstić information content (AvgIpc) is 2.47. The molecule has 0 spiro atoms. The highest BCUT2D eigenvalue weighted by Crippen LogP contribution is 2.29. The van der Waals surface area contributed by atoms with E-state index in [1.165, 1.54) is 19.1 Å². The molecule has 0 unspecified atom stereocenters. The summed E-state index contributed by atoms with van der Waals surface area (Å²) in [6.45, 7) is 1.43. The van der Waals surface area contributed by atoms with Crippen LogP contribution in [-0.2, 0) is 6.18 Å². The molecule has 0 radical (unpaired) electrons. The Morgan fingerprint density at radius 2 is 1.26 bits per heavy atom. The third-order valence-electron chi connectivity index (χ3n) is 3.02. The van der Waals surface area contributed by atoms with Gasteiger partial charge in [-0.2, -0.15) is 13.2 Å². The molecule has 0 aliphatic rings. The standard InChI is InChI=1S/C16H13F3N2O2/c1-10(22)11-2-6-13(7-3-11)20-15(23)21-14-8-4-12(5-9-14)16(17,18)19/h2-9H,1H3,(H2,20,21,23). The molecule has 120 valence electrons. The number of urea groups is 1. The highest BCUT2D eigenvalue weighted by Gasteiger charge is 2.29. The zero-order valence-corrected chi connectivity index (χ0v) is 12.1. The van der Waals surface area contributed by atoms with Gasteiger partial charge in [0.15, 0.2) is 5.78 Å². The SMILES string of the molecule is CC(=O)c1ccc(NC(=O)Nc2ccc(C(F)(F)F)cc2)cc1. The third-order valence-corrected chi connectivity index (χ3v) is 3.02. The second kappa shape index (κ2) is 6.51. The van der Waals surface area contributed by atoms with E-state index in [0.717, 1.165) is 12.1 Å². The Balaban J connectivity index is 1.98. The largest absolute Gasteiger partial charge is 0.416 e. The molecule has 0 atom stereocenters. The quantitative estimate of drug-likeness (QED) is 0.814. The number of anilines is 2. The molecule has 0 aromatic heterocycles. The molecule has 0 heterocycles. The van der Waals surface area contributed by atoms with Crippen molar-refractivity contribution in [2.75, 3.05) is 10.6 Å². The Hall–Kier alpha value is -2.83. The lowest BCUT2D eigenvalue weighted by Gasteiger charge is -2.10. The van der Waals surface area contributed by atoms with Crippen molar-refractivity contribution in [3.63, 3.8) is 0 Å². The van der Waals surface area contributed by atoms with Gasteiger partial charge < -0.3 is 10.6 Å². The number of Topliss-reactive ketones (excluding diaryl/α,β-unsaturated/α-hetero) is 1. The molecule has 0 aliphatic heterocycles. The van der Waals surface area contributed by atoms with Crippen LogP contribution in [0.3, 0.4) is 0 Å². The first-order valence-corrected chi connectivity index (χ1v) is 6.62. The van der Waals surface area contributed by atoms with Crippen LogP contribution in [0.2, 0.25) is 0 Å². The molecule has 0 saturated heterocycles. The number of nitrogens with one attached hydrogen (secondary N) is 2. The molecule has 2 aromatic carbocycles. The summed E-state index contributed by atoms with van der Waals surface area (Å²) in [4.78, 5) is 22.9. The summed E-state index contributed by atoms with van der Waals surface area (Å²) in [7, 11) is 0. The molecule has 23 heavy (non-hydrogen) atoms. The molecule has 0 aliphatic carbocycles. The van der Waals surface area contributed by atoms with Crippen LogP contribution < -0.4 is 10.6 Å². The summed E-state index contributed by atoms with van der Waals surface area (Å²) in [5.74, 6) is -0.0919. The molecule has 2 aromatic rings. The minimum absolute atomic E-state index is 0.0919. The lowest BCUT2D eigenvalue weighted by molar-refractivity contribution is -0.137. The lowest BCUT2D eigenvalue weighted by atomic mass is 10.1. The van der Waals surface area contributed by atoms with E-state index >= 15 is 0 Å². The number of hydrogen-bond acceptors (Lipinski definition) is 2. The van der Waals surface area contributed by atoms with Gasteiger partial charge in [0.2, 0.25) is 0 Å². The predicted octanol–water partition coefficient (Wildman–Crippen LogP) is 4.55. The Kier molecular flexibility index (Phi) is 4.68. The van der Waals surface area contributed by atoms with Crippen LogP contribution >= 0.6 is 0 Å². The molecule has 7 heteroatoms. The van der Waals surface area contributed by atoms with Crippen LogP contribution in [0.4, 0.5) is 29.3 Å². The zero-order valence-electron chi connectivity index (χ0n) is 12.1. The number of carbonyl (C=O) groups excluding carboxylic acids is 2. The number of ketones is 1. The number of hydrogen-bond donors (Lipinski definition) is 2. The first kappa shape index (κ1) is 16.5. The molecule has 2 rings (SSSR count). The Morgan fingerprint density at radius 1 is 0.826 bits per heavy atom. The van der Waals surface area contributed by atoms with Gasteiger partial charge in [-0.25, -0.2) is 4.79 Å². The van der Waals surface area contributed by atoms with Gasteiger partial charge in [0.05, 0.1) is 5.56 Å². The van der Waals surface area contributed by atoms with Crippen LogP contribution in [-0.4, -0.2) is 11.8 Å². The minimum atomic E-state index is -4.42. The normalized spacial score (nSPS) is 11.0. The fourth-order valence-electron chi connectivity index (χ4n) is 1.82. The molecule has 0 saturated carbocycles. The number of rotatable bonds is 3. The van der Waals surface area contributed by atoms with E-state index in [2.05, 4.69) is 10.6 Å². The van der Waals surface area contributed by atoms with Gasteiger partial charge >= 0.3 is 12.2 Å². The van der Waals surface area contributed by atoms with E-state index < -0.39 is 17.8 Å². The highest BCUT2D eigenvalue weighted by molar-refractivity contribution is 6.00. The van der Waals surface area contributed by atoms with Crippen molar-refractivity contribution in [2.45, 2.75) is 13.1 Å². The Bertz CT molecular complexity index is 708. The zero-order chi connectivity index (χ0) is 17.0. The predicted molar refractivity (Wildman–Crippen MR) is 80.5 cm³/mol. The van der Waals surface area contributed by atoms with Gasteiger partial charge in [-0.3, -0.25) is 4.79 Å². The molecular formula is C16H13F3N2O2. The number of carbonyl (C=O) groups is 2. The molecule has 0 fully saturated rings. The van der Waals surface area contributed by atoms with Gasteiger partial charge in [-0.1, -0.05) is 0 Å². The van der Waals surface area contributed by atoms with E-state index in [1.807, 2.05) is 0 Å². The van der Waals surface area contributed by atoms with Gasteiger partial charge in [0, 0.05) is 16.9 Å². The highest BCUT2D eigenvalue weighted by atomic mass is 19.4. The Labute approximate surface area is 130 Å². The maximum atomic E-state index is 12.4. The first-order chi connectivity index (χ1) is 10.8. The molecule has 2 amide bonds. The van der Waals surface area contributed by atoms with Gasteiger partial charge in [-0.05, 0) is 55.5 Å². The topological polar surface area (TPSA) is 58.2 Å². The summed E-state index contributed by atoms with van der Waals surface area (Å²) < 4.78 is 37.3. The van der Waals surface area contributed by atoms with Crippen molar-refractivity contribution >= 4 is 23.2 Å². The van der Waals surface area contributed by atoms with Crippen molar-refractivity contribution in [3.8, 4) is 0 Å². The van der Waals surface area contributed by atoms with E-state index in [0.29, 0.717) is 11.3 Å². The van der Waals surface area contributed by atoms with Crippen molar-refractivity contribution in [2.24, 2.45) is 0 Å². The molecule has 0 bridgehead atoms. The minimum Gasteiger partial charge on any atom is -0.308 e. The van der Waals surface area contributed by atoms with Crippen LogP contribution in [0, 0.1) is 0 Å². The average molecular weight is 322 g/mol. The van der Waals surface area contributed by atoms with Crippen LogP contribution in [0.25, 0.3) is 0 Å². The summed E-state index contributed by atoms with van der Waals surface area (Å²) in [6.07, 6.45) is -4.42. The number of benzene rings is 2. The van der Waals surface area contributed by atoms with Crippen molar-refractivity contribution < 1.29 is 22.8 Å². The van der Waals surface area contributed by atoms with Crippen LogP contribution in [0.15, 0.2) is 48.5 Å². The van der Waals surface area contributed by atoms with Crippen LogP contribution in [0.1, 0.15) is 22.8 Å². The summed E-state index contributed by atoms with van der Waals surface area (Å²) in [5, 5.41) is 4.94. The van der Waals surface area contributed by atoms with E-state index in [4.69, 9.17) is 0 Å². The second-order valence-corrected chi connectivity index (χ2v) is 4.79.